The van der Waals surface area contributed by atoms with Crippen molar-refractivity contribution in [1.29, 1.82) is 0 Å². The lowest BCUT2D eigenvalue weighted by Crippen LogP contribution is -2.19. The van der Waals surface area contributed by atoms with Crippen LogP contribution in [0.2, 0.25) is 10.0 Å². The number of rotatable bonds is 5. The molecule has 146 valence electrons. The van der Waals surface area contributed by atoms with Gasteiger partial charge in [-0.2, -0.15) is 4.99 Å². The molecule has 9 heteroatoms. The first-order valence-electron chi connectivity index (χ1n) is 8.18. The second-order valence-corrected chi connectivity index (χ2v) is 7.66. The van der Waals surface area contributed by atoms with Crippen LogP contribution < -0.4 is 4.80 Å². The Kier molecular flexibility index (Phi) is 6.51. The number of carbonyl (C=O) groups is 2. The molecule has 0 saturated carbocycles. The molecule has 0 fully saturated rings. The number of carbonyl (C=O) groups excluding carboxylic acids is 2. The molecule has 0 N–H and O–H groups in total. The maximum Gasteiger partial charge on any atom is 0.337 e. The molecule has 3 rings (SSSR count). The van der Waals surface area contributed by atoms with Crippen LogP contribution in [0.5, 0.6) is 0 Å². The van der Waals surface area contributed by atoms with E-state index in [1.807, 2.05) is 4.57 Å². The van der Waals surface area contributed by atoms with Crippen LogP contribution >= 0.6 is 34.5 Å². The van der Waals surface area contributed by atoms with E-state index < -0.39 is 11.9 Å². The highest BCUT2D eigenvalue weighted by Crippen LogP contribution is 2.21. The Morgan fingerprint density at radius 3 is 2.43 bits per heavy atom. The van der Waals surface area contributed by atoms with Crippen LogP contribution in [-0.4, -0.2) is 37.3 Å². The number of thiazole rings is 1. The molecule has 1 heterocycles. The number of methoxy groups -OCH3 is 2. The summed E-state index contributed by atoms with van der Waals surface area (Å²) in [6, 6.07) is 9.77. The van der Waals surface area contributed by atoms with E-state index in [0.717, 1.165) is 10.2 Å². The Balaban J connectivity index is 2.12. The van der Waals surface area contributed by atoms with Gasteiger partial charge in [0.15, 0.2) is 4.80 Å². The molecule has 1 amide bonds. The van der Waals surface area contributed by atoms with Crippen molar-refractivity contribution in [3.05, 3.63) is 62.4 Å². The number of amides is 1. The first-order valence-corrected chi connectivity index (χ1v) is 9.76. The number of esters is 1. The van der Waals surface area contributed by atoms with E-state index in [-0.39, 0.29) is 0 Å². The summed E-state index contributed by atoms with van der Waals surface area (Å²) in [5.41, 5.74) is 1.56. The van der Waals surface area contributed by atoms with Crippen molar-refractivity contribution < 1.29 is 19.1 Å². The lowest BCUT2D eigenvalue weighted by Gasteiger charge is -2.05. The summed E-state index contributed by atoms with van der Waals surface area (Å²) >= 11 is 13.3. The second kappa shape index (κ2) is 8.87. The zero-order valence-corrected chi connectivity index (χ0v) is 17.4. The zero-order valence-electron chi connectivity index (χ0n) is 15.1. The van der Waals surface area contributed by atoms with Gasteiger partial charge in [-0.1, -0.05) is 34.5 Å². The molecular formula is C19H16Cl2N2O4S. The van der Waals surface area contributed by atoms with Crippen molar-refractivity contribution in [2.24, 2.45) is 4.99 Å². The van der Waals surface area contributed by atoms with Gasteiger partial charge in [0.1, 0.15) is 0 Å². The van der Waals surface area contributed by atoms with Gasteiger partial charge in [-0.3, -0.25) is 4.79 Å². The monoisotopic (exact) mass is 438 g/mol. The lowest BCUT2D eigenvalue weighted by atomic mass is 10.2. The maximum atomic E-state index is 12.6. The van der Waals surface area contributed by atoms with Crippen molar-refractivity contribution >= 4 is 56.6 Å². The molecule has 2 aromatic carbocycles. The van der Waals surface area contributed by atoms with Gasteiger partial charge < -0.3 is 14.0 Å². The first-order chi connectivity index (χ1) is 13.4. The molecule has 1 aromatic heterocycles. The fourth-order valence-corrected chi connectivity index (χ4v) is 4.25. The van der Waals surface area contributed by atoms with E-state index in [1.54, 1.807) is 31.4 Å². The Morgan fingerprint density at radius 2 is 1.79 bits per heavy atom. The topological polar surface area (TPSA) is 69.9 Å². The maximum absolute atomic E-state index is 12.6. The fraction of sp³-hybridized carbons (Fsp3) is 0.211. The number of ether oxygens (including phenoxy) is 2. The average molecular weight is 439 g/mol. The Bertz CT molecular complexity index is 1100. The van der Waals surface area contributed by atoms with E-state index in [2.05, 4.69) is 4.99 Å². The van der Waals surface area contributed by atoms with Crippen LogP contribution in [-0.2, 0) is 16.0 Å². The standard InChI is InChI=1S/C19H16Cl2N2O4S/c1-26-6-5-23-15-4-3-11(18(25)27-2)9-16(15)28-19(23)22-17(24)12-7-13(20)10-14(21)8-12/h3-4,7-10H,5-6H2,1-2H3. The molecule has 0 saturated heterocycles. The van der Waals surface area contributed by atoms with Gasteiger partial charge in [0.2, 0.25) is 0 Å². The number of halogens is 2. The third-order valence-electron chi connectivity index (χ3n) is 3.93. The summed E-state index contributed by atoms with van der Waals surface area (Å²) in [5, 5.41) is 0.717. The largest absolute Gasteiger partial charge is 0.465 e. The average Bonchev–Trinajstić information content (AvgIpc) is 3.00. The molecular weight excluding hydrogens is 423 g/mol. The van der Waals surface area contributed by atoms with Gasteiger partial charge in [0, 0.05) is 29.3 Å². The van der Waals surface area contributed by atoms with Crippen molar-refractivity contribution in [3.8, 4) is 0 Å². The van der Waals surface area contributed by atoms with Crippen molar-refractivity contribution in [2.75, 3.05) is 20.8 Å². The highest BCUT2D eigenvalue weighted by molar-refractivity contribution is 7.16. The van der Waals surface area contributed by atoms with E-state index >= 15 is 0 Å². The molecule has 0 unspecified atom stereocenters. The normalized spacial score (nSPS) is 11.8. The highest BCUT2D eigenvalue weighted by Gasteiger charge is 2.13. The summed E-state index contributed by atoms with van der Waals surface area (Å²) < 4.78 is 12.6. The summed E-state index contributed by atoms with van der Waals surface area (Å²) in [6.07, 6.45) is 0. The number of benzene rings is 2. The molecule has 6 nitrogen and oxygen atoms in total. The number of aromatic nitrogens is 1. The van der Waals surface area contributed by atoms with Crippen LogP contribution in [0.4, 0.5) is 0 Å². The first kappa shape index (κ1) is 20.5. The van der Waals surface area contributed by atoms with Gasteiger partial charge in [-0.15, -0.1) is 0 Å². The molecule has 28 heavy (non-hydrogen) atoms. The van der Waals surface area contributed by atoms with Gasteiger partial charge in [0.25, 0.3) is 5.91 Å². The van der Waals surface area contributed by atoms with E-state index in [4.69, 9.17) is 32.7 Å². The second-order valence-electron chi connectivity index (χ2n) is 5.78. The molecule has 0 aliphatic heterocycles. The van der Waals surface area contributed by atoms with Crippen LogP contribution in [0.15, 0.2) is 41.4 Å². The van der Waals surface area contributed by atoms with E-state index in [9.17, 15) is 9.59 Å². The predicted molar refractivity (Wildman–Crippen MR) is 109 cm³/mol. The number of nitrogens with zero attached hydrogens (tertiary/aromatic N) is 2. The predicted octanol–water partition coefficient (Wildman–Crippen LogP) is 4.18. The number of hydrogen-bond acceptors (Lipinski definition) is 5. The Morgan fingerprint density at radius 1 is 1.07 bits per heavy atom. The molecule has 0 aliphatic carbocycles. The summed E-state index contributed by atoms with van der Waals surface area (Å²) in [6.45, 7) is 0.936. The molecule has 0 aliphatic rings. The molecule has 0 bridgehead atoms. The van der Waals surface area contributed by atoms with Crippen molar-refractivity contribution in [1.82, 2.24) is 4.57 Å². The molecule has 0 spiro atoms. The summed E-state index contributed by atoms with van der Waals surface area (Å²) in [5.74, 6) is -0.891. The molecule has 0 atom stereocenters. The van der Waals surface area contributed by atoms with Crippen LogP contribution in [0, 0.1) is 0 Å². The minimum atomic E-state index is -0.463. The Labute approximate surface area is 174 Å². The van der Waals surface area contributed by atoms with Crippen molar-refractivity contribution in [3.63, 3.8) is 0 Å². The third kappa shape index (κ3) is 4.44. The lowest BCUT2D eigenvalue weighted by molar-refractivity contribution is 0.0601. The van der Waals surface area contributed by atoms with Gasteiger partial charge in [-0.05, 0) is 36.4 Å². The minimum Gasteiger partial charge on any atom is -0.465 e. The van der Waals surface area contributed by atoms with Crippen LogP contribution in [0.3, 0.4) is 0 Å². The van der Waals surface area contributed by atoms with Crippen molar-refractivity contribution in [2.45, 2.75) is 6.54 Å². The van der Waals surface area contributed by atoms with Gasteiger partial charge in [-0.25, -0.2) is 4.79 Å². The van der Waals surface area contributed by atoms with Gasteiger partial charge >= 0.3 is 5.97 Å². The van der Waals surface area contributed by atoms with E-state index in [1.165, 1.54) is 30.6 Å². The van der Waals surface area contributed by atoms with Crippen LogP contribution in [0.1, 0.15) is 20.7 Å². The third-order valence-corrected chi connectivity index (χ3v) is 5.41. The van der Waals surface area contributed by atoms with Crippen LogP contribution in [0.25, 0.3) is 10.2 Å². The summed E-state index contributed by atoms with van der Waals surface area (Å²) in [4.78, 5) is 29.2. The highest BCUT2D eigenvalue weighted by atomic mass is 35.5. The summed E-state index contributed by atoms with van der Waals surface area (Å²) in [7, 11) is 2.93. The smallest absolute Gasteiger partial charge is 0.337 e. The minimum absolute atomic E-state index is 0.295. The molecule has 0 radical (unpaired) electrons. The van der Waals surface area contributed by atoms with E-state index in [0.29, 0.717) is 39.1 Å². The Hall–Kier alpha value is -2.19. The van der Waals surface area contributed by atoms with Gasteiger partial charge in [0.05, 0.1) is 29.5 Å². The SMILES string of the molecule is COCCn1c(=NC(=O)c2cc(Cl)cc(Cl)c2)sc2cc(C(=O)OC)ccc21. The zero-order chi connectivity index (χ0) is 20.3. The number of fused-ring (bicyclic) bond motifs is 1. The number of hydrogen-bond donors (Lipinski definition) is 0. The fourth-order valence-electron chi connectivity index (χ4n) is 2.63. The molecule has 3 aromatic rings. The quantitative estimate of drug-likeness (QED) is 0.560.